The number of carbonyl (C=O) groups is 1. The molecule has 5 nitrogen and oxygen atoms in total. The van der Waals surface area contributed by atoms with Crippen molar-refractivity contribution < 1.29 is 9.53 Å². The van der Waals surface area contributed by atoms with Crippen molar-refractivity contribution in [3.8, 4) is 5.75 Å². The van der Waals surface area contributed by atoms with E-state index in [0.717, 1.165) is 17.5 Å². The first-order valence-corrected chi connectivity index (χ1v) is 7.63. The van der Waals surface area contributed by atoms with Gasteiger partial charge in [-0.25, -0.2) is 0 Å². The number of ether oxygens (including phenoxy) is 1. The van der Waals surface area contributed by atoms with Gasteiger partial charge in [0.25, 0.3) is 5.91 Å². The monoisotopic (exact) mass is 389 g/mol. The number of aryl methyl sites for hydroxylation is 1. The predicted molar refractivity (Wildman–Crippen MR) is 98.6 cm³/mol. The molecule has 126 valence electrons. The molecule has 6 heteroatoms. The Morgan fingerprint density at radius 1 is 1.21 bits per heavy atom. The highest BCUT2D eigenvalue weighted by molar-refractivity contribution is 8.93. The van der Waals surface area contributed by atoms with Crippen LogP contribution in [-0.2, 0) is 17.8 Å². The molecule has 3 rings (SSSR count). The number of hydrogen-bond donors (Lipinski definition) is 2. The van der Waals surface area contributed by atoms with Crippen molar-refractivity contribution in [3.05, 3.63) is 65.2 Å². The van der Waals surface area contributed by atoms with E-state index in [0.29, 0.717) is 18.1 Å². The Morgan fingerprint density at radius 3 is 2.58 bits per heavy atom. The van der Waals surface area contributed by atoms with Crippen LogP contribution in [0.3, 0.4) is 0 Å². The number of nitrogens with one attached hydrogen (secondary N) is 2. The van der Waals surface area contributed by atoms with Crippen molar-refractivity contribution in [2.45, 2.75) is 19.9 Å². The zero-order valence-electron chi connectivity index (χ0n) is 13.4. The number of hydrazine groups is 1. The van der Waals surface area contributed by atoms with Gasteiger partial charge >= 0.3 is 0 Å². The van der Waals surface area contributed by atoms with Crippen molar-refractivity contribution in [1.82, 2.24) is 10.4 Å². The van der Waals surface area contributed by atoms with Gasteiger partial charge in [-0.15, -0.1) is 17.0 Å². The molecule has 0 spiro atoms. The molecular weight excluding hydrogens is 370 g/mol. The summed E-state index contributed by atoms with van der Waals surface area (Å²) in [7, 11) is 0. The minimum Gasteiger partial charge on any atom is -0.484 e. The fourth-order valence-corrected chi connectivity index (χ4v) is 2.53. The van der Waals surface area contributed by atoms with E-state index in [1.807, 2.05) is 48.5 Å². The maximum Gasteiger partial charge on any atom is 0.276 e. The Balaban J connectivity index is 0.00000208. The molecule has 0 unspecified atom stereocenters. The van der Waals surface area contributed by atoms with Gasteiger partial charge in [-0.1, -0.05) is 43.3 Å². The summed E-state index contributed by atoms with van der Waals surface area (Å²) in [5, 5.41) is 9.63. The standard InChI is InChI=1S/C18H19N3O2.BrH/c1-2-13-7-9-15(10-8-13)23-12-17(22)20-21-11-14-5-3-4-6-16(14)18(21)19;/h3-10,19H,2,11-12H2,1H3,(H,20,22);1H. The molecule has 1 amide bonds. The lowest BCUT2D eigenvalue weighted by atomic mass is 10.1. The molecule has 0 aliphatic carbocycles. The van der Waals surface area contributed by atoms with Gasteiger partial charge in [0.2, 0.25) is 0 Å². The van der Waals surface area contributed by atoms with Crippen molar-refractivity contribution >= 4 is 28.7 Å². The third-order valence-corrected chi connectivity index (χ3v) is 3.83. The summed E-state index contributed by atoms with van der Waals surface area (Å²) in [4.78, 5) is 12.0. The average Bonchev–Trinajstić information content (AvgIpc) is 2.90. The molecular formula is C18H20BrN3O2. The first-order valence-electron chi connectivity index (χ1n) is 7.63. The second kappa shape index (κ2) is 7.97. The van der Waals surface area contributed by atoms with E-state index in [4.69, 9.17) is 10.1 Å². The molecule has 1 aliphatic heterocycles. The number of benzene rings is 2. The lowest BCUT2D eigenvalue weighted by Crippen LogP contribution is -2.44. The van der Waals surface area contributed by atoms with E-state index < -0.39 is 0 Å². The van der Waals surface area contributed by atoms with Gasteiger partial charge in [0.15, 0.2) is 6.61 Å². The fourth-order valence-electron chi connectivity index (χ4n) is 2.53. The summed E-state index contributed by atoms with van der Waals surface area (Å²) in [6, 6.07) is 15.4. The largest absolute Gasteiger partial charge is 0.484 e. The zero-order chi connectivity index (χ0) is 16.2. The van der Waals surface area contributed by atoms with Crippen LogP contribution in [0.25, 0.3) is 0 Å². The molecule has 1 heterocycles. The maximum atomic E-state index is 12.0. The SMILES string of the molecule is Br.CCc1ccc(OCC(=O)NN2Cc3ccccc3C2=N)cc1. The number of fused-ring (bicyclic) bond motifs is 1. The summed E-state index contributed by atoms with van der Waals surface area (Å²) >= 11 is 0. The normalized spacial score (nSPS) is 12.4. The van der Waals surface area contributed by atoms with Crippen LogP contribution in [0.5, 0.6) is 5.75 Å². The molecule has 0 atom stereocenters. The molecule has 0 bridgehead atoms. The van der Waals surface area contributed by atoms with E-state index in [1.165, 1.54) is 10.6 Å². The van der Waals surface area contributed by atoms with Crippen LogP contribution in [0, 0.1) is 5.41 Å². The van der Waals surface area contributed by atoms with Gasteiger partial charge in [0.05, 0.1) is 6.54 Å². The minimum atomic E-state index is -0.276. The molecule has 24 heavy (non-hydrogen) atoms. The van der Waals surface area contributed by atoms with E-state index in [1.54, 1.807) is 0 Å². The summed E-state index contributed by atoms with van der Waals surface area (Å²) in [6.45, 7) is 2.52. The number of nitrogens with zero attached hydrogens (tertiary/aromatic N) is 1. The van der Waals surface area contributed by atoms with Crippen LogP contribution >= 0.6 is 17.0 Å². The van der Waals surface area contributed by atoms with Crippen LogP contribution in [-0.4, -0.2) is 23.4 Å². The number of amides is 1. The Kier molecular flexibility index (Phi) is 5.98. The maximum absolute atomic E-state index is 12.0. The second-order valence-electron chi connectivity index (χ2n) is 5.41. The van der Waals surface area contributed by atoms with Gasteiger partial charge < -0.3 is 4.74 Å². The van der Waals surface area contributed by atoms with Crippen LogP contribution in [0.15, 0.2) is 48.5 Å². The highest BCUT2D eigenvalue weighted by atomic mass is 79.9. The number of halogens is 1. The van der Waals surface area contributed by atoms with Crippen molar-refractivity contribution in [3.63, 3.8) is 0 Å². The number of amidine groups is 1. The minimum absolute atomic E-state index is 0. The van der Waals surface area contributed by atoms with E-state index in [-0.39, 0.29) is 29.5 Å². The lowest BCUT2D eigenvalue weighted by Gasteiger charge is -2.19. The van der Waals surface area contributed by atoms with Crippen LogP contribution < -0.4 is 10.2 Å². The second-order valence-corrected chi connectivity index (χ2v) is 5.41. The van der Waals surface area contributed by atoms with Crippen LogP contribution in [0.4, 0.5) is 0 Å². The number of rotatable bonds is 5. The highest BCUT2D eigenvalue weighted by Gasteiger charge is 2.24. The third-order valence-electron chi connectivity index (χ3n) is 3.83. The Morgan fingerprint density at radius 2 is 1.92 bits per heavy atom. The van der Waals surface area contributed by atoms with Gasteiger partial charge in [0, 0.05) is 5.56 Å². The van der Waals surface area contributed by atoms with Gasteiger partial charge in [-0.3, -0.25) is 20.6 Å². The van der Waals surface area contributed by atoms with E-state index in [9.17, 15) is 4.79 Å². The first kappa shape index (κ1) is 18.0. The van der Waals surface area contributed by atoms with Crippen LogP contribution in [0.2, 0.25) is 0 Å². The molecule has 2 aromatic carbocycles. The van der Waals surface area contributed by atoms with Gasteiger partial charge in [-0.2, -0.15) is 0 Å². The quantitative estimate of drug-likeness (QED) is 0.825. The topological polar surface area (TPSA) is 65.4 Å². The summed E-state index contributed by atoms with van der Waals surface area (Å²) in [5.74, 6) is 0.695. The molecule has 2 aromatic rings. The van der Waals surface area contributed by atoms with Crippen molar-refractivity contribution in [1.29, 1.82) is 5.41 Å². The third kappa shape index (κ3) is 3.94. The number of hydrogen-bond acceptors (Lipinski definition) is 3. The number of carbonyl (C=O) groups excluding carboxylic acids is 1. The lowest BCUT2D eigenvalue weighted by molar-refractivity contribution is -0.126. The van der Waals surface area contributed by atoms with Crippen LogP contribution in [0.1, 0.15) is 23.6 Å². The molecule has 0 saturated heterocycles. The molecule has 0 aromatic heterocycles. The summed E-state index contributed by atoms with van der Waals surface area (Å²) in [5.41, 5.74) is 5.83. The van der Waals surface area contributed by atoms with Gasteiger partial charge in [-0.05, 0) is 29.7 Å². The van der Waals surface area contributed by atoms with E-state index >= 15 is 0 Å². The zero-order valence-corrected chi connectivity index (χ0v) is 15.1. The first-order chi connectivity index (χ1) is 11.2. The smallest absolute Gasteiger partial charge is 0.276 e. The summed E-state index contributed by atoms with van der Waals surface area (Å²) in [6.07, 6.45) is 0.971. The summed E-state index contributed by atoms with van der Waals surface area (Å²) < 4.78 is 5.48. The fraction of sp³-hybridized carbons (Fsp3) is 0.222. The Hall–Kier alpha value is -2.34. The molecule has 0 fully saturated rings. The molecule has 0 radical (unpaired) electrons. The predicted octanol–water partition coefficient (Wildman–Crippen LogP) is 3.08. The van der Waals surface area contributed by atoms with E-state index in [2.05, 4.69) is 12.3 Å². The molecule has 2 N–H and O–H groups in total. The van der Waals surface area contributed by atoms with Crippen molar-refractivity contribution in [2.24, 2.45) is 0 Å². The molecule has 1 aliphatic rings. The highest BCUT2D eigenvalue weighted by Crippen LogP contribution is 2.20. The Bertz CT molecular complexity index is 731. The van der Waals surface area contributed by atoms with Crippen molar-refractivity contribution in [2.75, 3.05) is 6.61 Å². The Labute approximate surface area is 151 Å². The average molecular weight is 390 g/mol. The molecule has 0 saturated carbocycles. The van der Waals surface area contributed by atoms with Gasteiger partial charge in [0.1, 0.15) is 11.6 Å².